The smallest absolute Gasteiger partial charge is 0.338 e. The number of carbonyl (C=O) groups is 1. The third-order valence-corrected chi connectivity index (χ3v) is 3.93. The first kappa shape index (κ1) is 14.8. The van der Waals surface area contributed by atoms with Gasteiger partial charge >= 0.3 is 5.97 Å². The molecular formula is C17H17BrO2. The molecule has 0 bridgehead atoms. The van der Waals surface area contributed by atoms with Crippen LogP contribution in [0.1, 0.15) is 34.0 Å². The molecule has 0 N–H and O–H groups in total. The molecule has 20 heavy (non-hydrogen) atoms. The van der Waals surface area contributed by atoms with Gasteiger partial charge in [-0.05, 0) is 57.6 Å². The first-order chi connectivity index (χ1) is 9.63. The number of halogens is 1. The summed E-state index contributed by atoms with van der Waals surface area (Å²) in [7, 11) is 1.39. The first-order valence-corrected chi connectivity index (χ1v) is 7.38. The summed E-state index contributed by atoms with van der Waals surface area (Å²) in [6.07, 6.45) is 1.91. The highest BCUT2D eigenvalue weighted by Crippen LogP contribution is 2.21. The largest absolute Gasteiger partial charge is 0.465 e. The van der Waals surface area contributed by atoms with Crippen LogP contribution in [0.4, 0.5) is 0 Å². The van der Waals surface area contributed by atoms with E-state index in [2.05, 4.69) is 47.1 Å². The van der Waals surface area contributed by atoms with E-state index in [-0.39, 0.29) is 5.97 Å². The van der Waals surface area contributed by atoms with E-state index in [1.807, 2.05) is 12.1 Å². The van der Waals surface area contributed by atoms with E-state index in [0.717, 1.165) is 22.9 Å². The molecule has 0 radical (unpaired) electrons. The van der Waals surface area contributed by atoms with E-state index in [0.29, 0.717) is 5.56 Å². The van der Waals surface area contributed by atoms with Gasteiger partial charge in [0, 0.05) is 4.47 Å². The second-order valence-electron chi connectivity index (χ2n) is 4.65. The van der Waals surface area contributed by atoms with Crippen LogP contribution in [0.2, 0.25) is 0 Å². The Hall–Kier alpha value is -1.61. The number of esters is 1. The maximum absolute atomic E-state index is 11.5. The lowest BCUT2D eigenvalue weighted by molar-refractivity contribution is 0.0599. The van der Waals surface area contributed by atoms with Gasteiger partial charge in [0.15, 0.2) is 0 Å². The minimum absolute atomic E-state index is 0.323. The molecule has 0 aromatic heterocycles. The summed E-state index contributed by atoms with van der Waals surface area (Å²) in [5, 5.41) is 0. The molecule has 0 spiro atoms. The lowest BCUT2D eigenvalue weighted by Crippen LogP contribution is -2.02. The predicted molar refractivity (Wildman–Crippen MR) is 84.1 cm³/mol. The maximum atomic E-state index is 11.5. The highest BCUT2D eigenvalue weighted by molar-refractivity contribution is 9.10. The number of benzene rings is 2. The van der Waals surface area contributed by atoms with Gasteiger partial charge in [-0.3, -0.25) is 0 Å². The van der Waals surface area contributed by atoms with Gasteiger partial charge in [-0.1, -0.05) is 37.3 Å². The number of rotatable bonds is 4. The van der Waals surface area contributed by atoms with Gasteiger partial charge in [0.25, 0.3) is 0 Å². The number of hydrogen-bond acceptors (Lipinski definition) is 2. The molecule has 0 aliphatic rings. The third-order valence-electron chi connectivity index (χ3n) is 3.28. The summed E-state index contributed by atoms with van der Waals surface area (Å²) in [4.78, 5) is 11.5. The van der Waals surface area contributed by atoms with Crippen molar-refractivity contribution in [3.63, 3.8) is 0 Å². The van der Waals surface area contributed by atoms with E-state index in [1.165, 1.54) is 18.2 Å². The van der Waals surface area contributed by atoms with E-state index in [1.54, 1.807) is 6.07 Å². The normalized spacial score (nSPS) is 10.3. The monoisotopic (exact) mass is 332 g/mol. The quantitative estimate of drug-likeness (QED) is 0.776. The fourth-order valence-corrected chi connectivity index (χ4v) is 2.66. The van der Waals surface area contributed by atoms with Crippen LogP contribution in [0.15, 0.2) is 46.9 Å². The fraction of sp³-hybridized carbons (Fsp3) is 0.235. The third kappa shape index (κ3) is 3.48. The molecule has 2 nitrogen and oxygen atoms in total. The first-order valence-electron chi connectivity index (χ1n) is 6.58. The van der Waals surface area contributed by atoms with Crippen LogP contribution in [0, 0.1) is 0 Å². The lowest BCUT2D eigenvalue weighted by Gasteiger charge is -2.07. The molecule has 2 aromatic carbocycles. The van der Waals surface area contributed by atoms with Crippen molar-refractivity contribution >= 4 is 21.9 Å². The summed E-state index contributed by atoms with van der Waals surface area (Å²) in [6.45, 7) is 2.15. The number of carbonyl (C=O) groups excluding carboxylic acids is 1. The van der Waals surface area contributed by atoms with Gasteiger partial charge in [0.05, 0.1) is 12.7 Å². The Morgan fingerprint density at radius 1 is 1.05 bits per heavy atom. The van der Waals surface area contributed by atoms with Crippen LogP contribution in [0.5, 0.6) is 0 Å². The van der Waals surface area contributed by atoms with Gasteiger partial charge in [-0.15, -0.1) is 0 Å². The predicted octanol–water partition coefficient (Wildman–Crippen LogP) is 4.39. The molecular weight excluding hydrogens is 316 g/mol. The van der Waals surface area contributed by atoms with Crippen LogP contribution in [0.3, 0.4) is 0 Å². The van der Waals surface area contributed by atoms with Gasteiger partial charge in [0.1, 0.15) is 0 Å². The lowest BCUT2D eigenvalue weighted by atomic mass is 10.0. The SMILES string of the molecule is CCc1ccc(Cc2ccc(C(=O)OC)c(Br)c2)cc1. The second kappa shape index (κ2) is 6.71. The topological polar surface area (TPSA) is 26.3 Å². The summed E-state index contributed by atoms with van der Waals surface area (Å²) >= 11 is 3.42. The van der Waals surface area contributed by atoms with Gasteiger partial charge in [-0.25, -0.2) is 4.79 Å². The van der Waals surface area contributed by atoms with Crippen LogP contribution >= 0.6 is 15.9 Å². The number of ether oxygens (including phenoxy) is 1. The molecule has 0 saturated carbocycles. The van der Waals surface area contributed by atoms with E-state index in [4.69, 9.17) is 4.74 Å². The van der Waals surface area contributed by atoms with E-state index < -0.39 is 0 Å². The maximum Gasteiger partial charge on any atom is 0.338 e. The Morgan fingerprint density at radius 3 is 2.20 bits per heavy atom. The Bertz CT molecular complexity index is 603. The van der Waals surface area contributed by atoms with Crippen molar-refractivity contribution in [2.24, 2.45) is 0 Å². The minimum Gasteiger partial charge on any atom is -0.465 e. The molecule has 0 unspecified atom stereocenters. The molecule has 2 rings (SSSR count). The van der Waals surface area contributed by atoms with E-state index in [9.17, 15) is 4.79 Å². The Balaban J connectivity index is 2.17. The molecule has 0 saturated heterocycles. The Labute approximate surface area is 127 Å². The molecule has 0 aliphatic carbocycles. The highest BCUT2D eigenvalue weighted by atomic mass is 79.9. The Kier molecular flexibility index (Phi) is 4.96. The summed E-state index contributed by atoms with van der Waals surface area (Å²) in [5.74, 6) is -0.323. The van der Waals surface area contributed by atoms with Crippen LogP contribution in [-0.2, 0) is 17.6 Å². The summed E-state index contributed by atoms with van der Waals surface area (Å²) in [5.41, 5.74) is 4.32. The van der Waals surface area contributed by atoms with Gasteiger partial charge in [0.2, 0.25) is 0 Å². The van der Waals surface area contributed by atoms with Crippen molar-refractivity contribution in [1.82, 2.24) is 0 Å². The van der Waals surface area contributed by atoms with Crippen molar-refractivity contribution in [3.8, 4) is 0 Å². The van der Waals surface area contributed by atoms with Crippen molar-refractivity contribution < 1.29 is 9.53 Å². The molecule has 2 aromatic rings. The van der Waals surface area contributed by atoms with Gasteiger partial charge < -0.3 is 4.74 Å². The van der Waals surface area contributed by atoms with Crippen LogP contribution < -0.4 is 0 Å². The molecule has 0 aliphatic heterocycles. The molecule has 0 fully saturated rings. The molecule has 0 heterocycles. The highest BCUT2D eigenvalue weighted by Gasteiger charge is 2.10. The minimum atomic E-state index is -0.323. The average Bonchev–Trinajstić information content (AvgIpc) is 2.47. The zero-order valence-corrected chi connectivity index (χ0v) is 13.2. The Morgan fingerprint density at radius 2 is 1.65 bits per heavy atom. The van der Waals surface area contributed by atoms with Crippen molar-refractivity contribution in [3.05, 3.63) is 69.2 Å². The van der Waals surface area contributed by atoms with Crippen molar-refractivity contribution in [2.45, 2.75) is 19.8 Å². The zero-order valence-electron chi connectivity index (χ0n) is 11.7. The summed E-state index contributed by atoms with van der Waals surface area (Å²) < 4.78 is 5.50. The average molecular weight is 333 g/mol. The molecule has 0 amide bonds. The van der Waals surface area contributed by atoms with Gasteiger partial charge in [-0.2, -0.15) is 0 Å². The summed E-state index contributed by atoms with van der Waals surface area (Å²) in [6, 6.07) is 14.4. The number of aryl methyl sites for hydroxylation is 1. The van der Waals surface area contributed by atoms with Crippen LogP contribution in [0.25, 0.3) is 0 Å². The second-order valence-corrected chi connectivity index (χ2v) is 5.51. The van der Waals surface area contributed by atoms with Crippen molar-refractivity contribution in [1.29, 1.82) is 0 Å². The molecule has 3 heteroatoms. The van der Waals surface area contributed by atoms with Crippen molar-refractivity contribution in [2.75, 3.05) is 7.11 Å². The van der Waals surface area contributed by atoms with Crippen LogP contribution in [-0.4, -0.2) is 13.1 Å². The zero-order chi connectivity index (χ0) is 14.5. The van der Waals surface area contributed by atoms with E-state index >= 15 is 0 Å². The molecule has 104 valence electrons. The molecule has 0 atom stereocenters. The fourth-order valence-electron chi connectivity index (χ4n) is 2.07. The number of hydrogen-bond donors (Lipinski definition) is 0. The number of methoxy groups -OCH3 is 1. The standard InChI is InChI=1S/C17H17BrO2/c1-3-12-4-6-13(7-5-12)10-14-8-9-15(16(18)11-14)17(19)20-2/h4-9,11H,3,10H2,1-2H3.